The van der Waals surface area contributed by atoms with Crippen LogP contribution in [0.4, 0.5) is 5.69 Å². The van der Waals surface area contributed by atoms with Gasteiger partial charge in [-0.15, -0.1) is 0 Å². The number of carbonyl (C=O) groups is 1. The molecule has 0 N–H and O–H groups in total. The van der Waals surface area contributed by atoms with Gasteiger partial charge < -0.3 is 4.74 Å². The molecule has 1 aliphatic heterocycles. The lowest BCUT2D eigenvalue weighted by Crippen LogP contribution is -2.62. The number of amides is 1. The van der Waals surface area contributed by atoms with Crippen LogP contribution in [-0.2, 0) is 4.79 Å². The highest BCUT2D eigenvalue weighted by Crippen LogP contribution is 2.52. The van der Waals surface area contributed by atoms with Crippen LogP contribution in [0.1, 0.15) is 11.6 Å². The molecule has 3 nitrogen and oxygen atoms in total. The summed E-state index contributed by atoms with van der Waals surface area (Å²) in [6.45, 7) is 0. The first-order valence-electron chi connectivity index (χ1n) is 6.46. The summed E-state index contributed by atoms with van der Waals surface area (Å²) in [5.74, 6) is 0.434. The van der Waals surface area contributed by atoms with Crippen LogP contribution >= 0.6 is 23.2 Å². The number of alkyl halides is 2. The summed E-state index contributed by atoms with van der Waals surface area (Å²) in [6, 6.07) is 16.3. The first-order valence-corrected chi connectivity index (χ1v) is 7.22. The van der Waals surface area contributed by atoms with E-state index in [4.69, 9.17) is 27.9 Å². The Morgan fingerprint density at radius 1 is 1.05 bits per heavy atom. The van der Waals surface area contributed by atoms with Gasteiger partial charge in [0.1, 0.15) is 11.8 Å². The number of hydrogen-bond donors (Lipinski definition) is 0. The Morgan fingerprint density at radius 3 is 2.24 bits per heavy atom. The summed E-state index contributed by atoms with van der Waals surface area (Å²) < 4.78 is 3.70. The number of hydrogen-bond acceptors (Lipinski definition) is 2. The predicted molar refractivity (Wildman–Crippen MR) is 84.1 cm³/mol. The Morgan fingerprint density at radius 2 is 1.67 bits per heavy atom. The smallest absolute Gasteiger partial charge is 0.266 e. The summed E-state index contributed by atoms with van der Waals surface area (Å²) in [5, 5.41) is 0. The molecule has 0 bridgehead atoms. The molecular weight excluding hydrogens is 309 g/mol. The SMILES string of the molecule is COc1ccc(C2N(c3ccccc3)C(=O)C2(Cl)Cl)cc1. The monoisotopic (exact) mass is 321 g/mol. The minimum atomic E-state index is -1.44. The molecular formula is C16H13Cl2NO2. The van der Waals surface area contributed by atoms with E-state index in [9.17, 15) is 4.79 Å². The molecule has 108 valence electrons. The number of para-hydroxylation sites is 1. The second-order valence-corrected chi connectivity index (χ2v) is 6.20. The van der Waals surface area contributed by atoms with E-state index < -0.39 is 10.4 Å². The lowest BCUT2D eigenvalue weighted by Gasteiger charge is -2.49. The molecule has 0 aliphatic carbocycles. The molecule has 0 radical (unpaired) electrons. The minimum absolute atomic E-state index is 0.308. The molecule has 1 fully saturated rings. The first kappa shape index (κ1) is 14.2. The van der Waals surface area contributed by atoms with Crippen LogP contribution in [0.15, 0.2) is 54.6 Å². The predicted octanol–water partition coefficient (Wildman–Crippen LogP) is 3.96. The van der Waals surface area contributed by atoms with Crippen molar-refractivity contribution in [3.8, 4) is 5.75 Å². The van der Waals surface area contributed by atoms with Crippen molar-refractivity contribution < 1.29 is 9.53 Å². The zero-order valence-corrected chi connectivity index (χ0v) is 12.8. The minimum Gasteiger partial charge on any atom is -0.497 e. The van der Waals surface area contributed by atoms with Crippen molar-refractivity contribution >= 4 is 34.8 Å². The standard InChI is InChI=1S/C16H13Cl2NO2/c1-21-13-9-7-11(8-10-13)14-16(17,18)15(20)19(14)12-5-3-2-4-6-12/h2-10,14H,1H3. The topological polar surface area (TPSA) is 29.5 Å². The van der Waals surface area contributed by atoms with Crippen LogP contribution in [0.5, 0.6) is 5.75 Å². The highest BCUT2D eigenvalue weighted by atomic mass is 35.5. The van der Waals surface area contributed by atoms with Crippen molar-refractivity contribution in [2.75, 3.05) is 12.0 Å². The van der Waals surface area contributed by atoms with Gasteiger partial charge in [0.2, 0.25) is 4.33 Å². The molecule has 0 aromatic heterocycles. The third-order valence-corrected chi connectivity index (χ3v) is 4.31. The molecule has 1 aliphatic rings. The molecule has 0 spiro atoms. The largest absolute Gasteiger partial charge is 0.497 e. The third-order valence-electron chi connectivity index (χ3n) is 3.57. The van der Waals surface area contributed by atoms with Crippen molar-refractivity contribution in [1.29, 1.82) is 0 Å². The van der Waals surface area contributed by atoms with Gasteiger partial charge in [-0.3, -0.25) is 9.69 Å². The molecule has 2 aromatic carbocycles. The second kappa shape index (κ2) is 5.24. The number of methoxy groups -OCH3 is 1. The van der Waals surface area contributed by atoms with Gasteiger partial charge in [-0.25, -0.2) is 0 Å². The van der Waals surface area contributed by atoms with Gasteiger partial charge in [-0.1, -0.05) is 53.5 Å². The summed E-state index contributed by atoms with van der Waals surface area (Å²) in [5.41, 5.74) is 1.64. The number of carbonyl (C=O) groups excluding carboxylic acids is 1. The first-order chi connectivity index (χ1) is 10.1. The molecule has 1 heterocycles. The summed E-state index contributed by atoms with van der Waals surface area (Å²) in [4.78, 5) is 13.8. The fraction of sp³-hybridized carbons (Fsp3) is 0.188. The molecule has 21 heavy (non-hydrogen) atoms. The number of benzene rings is 2. The van der Waals surface area contributed by atoms with E-state index in [0.717, 1.165) is 17.0 Å². The van der Waals surface area contributed by atoms with Gasteiger partial charge >= 0.3 is 0 Å². The summed E-state index contributed by atoms with van der Waals surface area (Å²) >= 11 is 12.4. The maximum Gasteiger partial charge on any atom is 0.266 e. The molecule has 3 rings (SSSR count). The molecule has 1 amide bonds. The molecule has 0 saturated carbocycles. The van der Waals surface area contributed by atoms with Gasteiger partial charge in [0.05, 0.1) is 7.11 Å². The molecule has 5 heteroatoms. The lowest BCUT2D eigenvalue weighted by molar-refractivity contribution is -0.125. The van der Waals surface area contributed by atoms with E-state index >= 15 is 0 Å². The van der Waals surface area contributed by atoms with Crippen molar-refractivity contribution in [3.63, 3.8) is 0 Å². The van der Waals surface area contributed by atoms with Gasteiger partial charge in [0, 0.05) is 5.69 Å². The number of anilines is 1. The average Bonchev–Trinajstić information content (AvgIpc) is 2.53. The zero-order chi connectivity index (χ0) is 15.0. The molecule has 1 atom stereocenters. The molecule has 2 aromatic rings. The van der Waals surface area contributed by atoms with Gasteiger partial charge in [0.15, 0.2) is 0 Å². The van der Waals surface area contributed by atoms with Gasteiger partial charge in [-0.05, 0) is 29.8 Å². The lowest BCUT2D eigenvalue weighted by atomic mass is 9.91. The van der Waals surface area contributed by atoms with Crippen LogP contribution in [0.25, 0.3) is 0 Å². The van der Waals surface area contributed by atoms with E-state index in [1.54, 1.807) is 12.0 Å². The fourth-order valence-electron chi connectivity index (χ4n) is 2.49. The highest BCUT2D eigenvalue weighted by Gasteiger charge is 2.60. The fourth-order valence-corrected chi connectivity index (χ4v) is 3.12. The van der Waals surface area contributed by atoms with Crippen molar-refractivity contribution in [3.05, 3.63) is 60.2 Å². The van der Waals surface area contributed by atoms with Crippen molar-refractivity contribution in [1.82, 2.24) is 0 Å². The normalized spacial score (nSPS) is 20.0. The van der Waals surface area contributed by atoms with Crippen molar-refractivity contribution in [2.45, 2.75) is 10.4 Å². The van der Waals surface area contributed by atoms with Crippen LogP contribution < -0.4 is 9.64 Å². The Labute approximate surface area is 133 Å². The van der Waals surface area contributed by atoms with Gasteiger partial charge in [0.25, 0.3) is 5.91 Å². The molecule has 1 unspecified atom stereocenters. The Kier molecular flexibility index (Phi) is 3.56. The Balaban J connectivity index is 1.99. The summed E-state index contributed by atoms with van der Waals surface area (Å²) in [6.07, 6.45) is 0. The van der Waals surface area contributed by atoms with E-state index in [0.29, 0.717) is 0 Å². The number of rotatable bonds is 3. The maximum atomic E-state index is 12.2. The van der Waals surface area contributed by atoms with E-state index in [1.807, 2.05) is 54.6 Å². The highest BCUT2D eigenvalue weighted by molar-refractivity contribution is 6.62. The maximum absolute atomic E-state index is 12.2. The second-order valence-electron chi connectivity index (χ2n) is 4.81. The average molecular weight is 322 g/mol. The van der Waals surface area contributed by atoms with E-state index in [-0.39, 0.29) is 5.91 Å². The van der Waals surface area contributed by atoms with Crippen molar-refractivity contribution in [2.24, 2.45) is 0 Å². The third kappa shape index (κ3) is 2.27. The quantitative estimate of drug-likeness (QED) is 0.632. The van der Waals surface area contributed by atoms with Crippen LogP contribution in [0, 0.1) is 0 Å². The zero-order valence-electron chi connectivity index (χ0n) is 11.3. The van der Waals surface area contributed by atoms with Gasteiger partial charge in [-0.2, -0.15) is 0 Å². The summed E-state index contributed by atoms with van der Waals surface area (Å²) in [7, 11) is 1.60. The Hall–Kier alpha value is -1.71. The number of halogens is 2. The Bertz CT molecular complexity index is 656. The van der Waals surface area contributed by atoms with Crippen LogP contribution in [0.3, 0.4) is 0 Å². The van der Waals surface area contributed by atoms with E-state index in [2.05, 4.69) is 0 Å². The van der Waals surface area contributed by atoms with Crippen LogP contribution in [0.2, 0.25) is 0 Å². The van der Waals surface area contributed by atoms with Crippen LogP contribution in [-0.4, -0.2) is 17.4 Å². The molecule has 1 saturated heterocycles. The van der Waals surface area contributed by atoms with E-state index in [1.165, 1.54) is 0 Å². The number of ether oxygens (including phenoxy) is 1. The number of nitrogens with zero attached hydrogens (tertiary/aromatic N) is 1. The number of β-lactam (4-membered cyclic amide) rings is 1.